The zero-order valence-corrected chi connectivity index (χ0v) is 14.9. The van der Waals surface area contributed by atoms with Crippen molar-refractivity contribution >= 4 is 27.7 Å². The first-order chi connectivity index (χ1) is 11.9. The molecule has 0 heterocycles. The van der Waals surface area contributed by atoms with E-state index >= 15 is 0 Å². The van der Waals surface area contributed by atoms with Gasteiger partial charge in [-0.15, -0.1) is 0 Å². The molecular formula is C18H20N2O4S. The van der Waals surface area contributed by atoms with Crippen molar-refractivity contribution in [1.82, 2.24) is 4.31 Å². The van der Waals surface area contributed by atoms with Crippen molar-refractivity contribution in [3.8, 4) is 5.75 Å². The lowest BCUT2D eigenvalue weighted by molar-refractivity contribution is -0.116. The van der Waals surface area contributed by atoms with Gasteiger partial charge in [0.05, 0.1) is 13.7 Å². The molecule has 0 aliphatic carbocycles. The van der Waals surface area contributed by atoms with Crippen LogP contribution in [0.5, 0.6) is 5.75 Å². The van der Waals surface area contributed by atoms with Gasteiger partial charge in [-0.05, 0) is 35.9 Å². The summed E-state index contributed by atoms with van der Waals surface area (Å²) in [7, 11) is -0.773. The number of likely N-dealkylation sites (N-methyl/N-ethyl adjacent to an activating group) is 1. The fraction of sp³-hybridized carbons (Fsp3) is 0.167. The van der Waals surface area contributed by atoms with Crippen molar-refractivity contribution in [2.45, 2.75) is 0 Å². The van der Waals surface area contributed by atoms with Crippen LogP contribution in [0.4, 0.5) is 5.69 Å². The van der Waals surface area contributed by atoms with E-state index in [2.05, 4.69) is 5.32 Å². The number of carbonyl (C=O) groups is 1. The summed E-state index contributed by atoms with van der Waals surface area (Å²) in [6, 6.07) is 15.8. The molecule has 0 unspecified atom stereocenters. The largest absolute Gasteiger partial charge is 0.497 e. The minimum Gasteiger partial charge on any atom is -0.497 e. The Bertz CT molecular complexity index is 831. The second kappa shape index (κ2) is 8.46. The van der Waals surface area contributed by atoms with Crippen molar-refractivity contribution < 1.29 is 17.9 Å². The van der Waals surface area contributed by atoms with E-state index in [9.17, 15) is 13.2 Å². The molecule has 0 aromatic heterocycles. The maximum Gasteiger partial charge on any atom is 0.239 e. The van der Waals surface area contributed by atoms with Crippen molar-refractivity contribution in [3.05, 3.63) is 65.6 Å². The fourth-order valence-corrected chi connectivity index (χ4v) is 2.83. The van der Waals surface area contributed by atoms with E-state index in [1.54, 1.807) is 43.5 Å². The summed E-state index contributed by atoms with van der Waals surface area (Å²) in [5.41, 5.74) is 1.33. The van der Waals surface area contributed by atoms with Gasteiger partial charge in [0.1, 0.15) is 5.75 Å². The molecule has 0 aliphatic rings. The number of benzene rings is 2. The van der Waals surface area contributed by atoms with E-state index in [1.807, 2.05) is 18.2 Å². The lowest BCUT2D eigenvalue weighted by atomic mass is 10.2. The third kappa shape index (κ3) is 5.74. The van der Waals surface area contributed by atoms with Crippen LogP contribution in [0.3, 0.4) is 0 Å². The van der Waals surface area contributed by atoms with Crippen LogP contribution in [0.15, 0.2) is 60.0 Å². The number of nitrogens with one attached hydrogen (secondary N) is 1. The molecule has 2 aromatic carbocycles. The smallest absolute Gasteiger partial charge is 0.239 e. The molecule has 0 saturated carbocycles. The Morgan fingerprint density at radius 3 is 2.36 bits per heavy atom. The molecule has 2 rings (SSSR count). The number of hydrogen-bond acceptors (Lipinski definition) is 4. The first-order valence-electron chi connectivity index (χ1n) is 7.54. The third-order valence-electron chi connectivity index (χ3n) is 3.41. The van der Waals surface area contributed by atoms with Gasteiger partial charge in [0.15, 0.2) is 0 Å². The summed E-state index contributed by atoms with van der Waals surface area (Å²) in [4.78, 5) is 12.0. The highest BCUT2D eigenvalue weighted by Crippen LogP contribution is 2.15. The van der Waals surface area contributed by atoms with Crippen molar-refractivity contribution in [2.75, 3.05) is 26.0 Å². The van der Waals surface area contributed by atoms with Crippen LogP contribution in [0.25, 0.3) is 6.08 Å². The van der Waals surface area contributed by atoms with Gasteiger partial charge < -0.3 is 10.1 Å². The van der Waals surface area contributed by atoms with Gasteiger partial charge in [-0.1, -0.05) is 30.3 Å². The molecular weight excluding hydrogens is 340 g/mol. The molecule has 7 heteroatoms. The Kier molecular flexibility index (Phi) is 6.32. The number of hydrogen-bond donors (Lipinski definition) is 1. The number of amides is 1. The summed E-state index contributed by atoms with van der Waals surface area (Å²) in [5, 5.41) is 3.73. The fourth-order valence-electron chi connectivity index (χ4n) is 2.00. The monoisotopic (exact) mass is 360 g/mol. The van der Waals surface area contributed by atoms with Crippen LogP contribution in [-0.2, 0) is 14.8 Å². The van der Waals surface area contributed by atoms with Crippen LogP contribution >= 0.6 is 0 Å². The van der Waals surface area contributed by atoms with Crippen LogP contribution < -0.4 is 10.1 Å². The molecule has 6 nitrogen and oxygen atoms in total. The van der Waals surface area contributed by atoms with Gasteiger partial charge in [-0.2, -0.15) is 4.31 Å². The molecule has 0 fully saturated rings. The number of carbonyl (C=O) groups excluding carboxylic acids is 1. The van der Waals surface area contributed by atoms with Crippen LogP contribution in [-0.4, -0.2) is 39.3 Å². The summed E-state index contributed by atoms with van der Waals surface area (Å²) in [6.07, 6.45) is 1.49. The molecule has 0 bridgehead atoms. The summed E-state index contributed by atoms with van der Waals surface area (Å²) < 4.78 is 30.5. The topological polar surface area (TPSA) is 75.7 Å². The molecule has 0 radical (unpaired) electrons. The summed E-state index contributed by atoms with van der Waals surface area (Å²) in [5.74, 6) is 0.244. The van der Waals surface area contributed by atoms with E-state index in [-0.39, 0.29) is 6.54 Å². The second-order valence-corrected chi connectivity index (χ2v) is 7.22. The van der Waals surface area contributed by atoms with Gasteiger partial charge in [-0.3, -0.25) is 4.79 Å². The Labute approximate surface area is 147 Å². The number of sulfonamides is 1. The number of rotatable bonds is 7. The maximum atomic E-state index is 12.2. The van der Waals surface area contributed by atoms with Gasteiger partial charge in [0, 0.05) is 18.1 Å². The standard InChI is InChI=1S/C18H20N2O4S/c1-20(25(22,23)13-12-15-6-4-3-5-7-15)14-18(21)19-16-8-10-17(24-2)11-9-16/h3-13H,14H2,1-2H3,(H,19,21). The number of nitrogens with zero attached hydrogens (tertiary/aromatic N) is 1. The number of ether oxygens (including phenoxy) is 1. The minimum absolute atomic E-state index is 0.284. The first kappa shape index (κ1) is 18.7. The predicted molar refractivity (Wildman–Crippen MR) is 98.6 cm³/mol. The summed E-state index contributed by atoms with van der Waals surface area (Å²) >= 11 is 0. The van der Waals surface area contributed by atoms with E-state index in [0.29, 0.717) is 11.4 Å². The predicted octanol–water partition coefficient (Wildman–Crippen LogP) is 2.57. The normalized spacial score (nSPS) is 11.6. The molecule has 2 aromatic rings. The average Bonchev–Trinajstić information content (AvgIpc) is 2.61. The number of anilines is 1. The highest BCUT2D eigenvalue weighted by molar-refractivity contribution is 7.92. The first-order valence-corrected chi connectivity index (χ1v) is 9.04. The Balaban J connectivity index is 1.95. The van der Waals surface area contributed by atoms with Gasteiger partial charge in [0.25, 0.3) is 0 Å². The molecule has 0 aliphatic heterocycles. The molecule has 0 spiro atoms. The van der Waals surface area contributed by atoms with Crippen molar-refractivity contribution in [3.63, 3.8) is 0 Å². The van der Waals surface area contributed by atoms with Crippen LogP contribution in [0, 0.1) is 0 Å². The molecule has 132 valence electrons. The zero-order chi connectivity index (χ0) is 18.3. The maximum absolute atomic E-state index is 12.2. The van der Waals surface area contributed by atoms with E-state index in [0.717, 1.165) is 15.3 Å². The minimum atomic E-state index is -3.68. The van der Waals surface area contributed by atoms with Crippen molar-refractivity contribution in [2.24, 2.45) is 0 Å². The summed E-state index contributed by atoms with van der Waals surface area (Å²) in [6.45, 7) is -0.284. The number of methoxy groups -OCH3 is 1. The lowest BCUT2D eigenvalue weighted by Gasteiger charge is -2.14. The highest BCUT2D eigenvalue weighted by atomic mass is 32.2. The molecule has 1 amide bonds. The van der Waals surface area contributed by atoms with Crippen LogP contribution in [0.1, 0.15) is 5.56 Å². The highest BCUT2D eigenvalue weighted by Gasteiger charge is 2.17. The quantitative estimate of drug-likeness (QED) is 0.823. The average molecular weight is 360 g/mol. The van der Waals surface area contributed by atoms with E-state index in [4.69, 9.17) is 4.74 Å². The molecule has 1 N–H and O–H groups in total. The van der Waals surface area contributed by atoms with Gasteiger partial charge in [0.2, 0.25) is 15.9 Å². The molecule has 25 heavy (non-hydrogen) atoms. The third-order valence-corrected chi connectivity index (χ3v) is 4.88. The molecule has 0 saturated heterocycles. The van der Waals surface area contributed by atoms with Crippen LogP contribution in [0.2, 0.25) is 0 Å². The SMILES string of the molecule is COc1ccc(NC(=O)CN(C)S(=O)(=O)C=Cc2ccccc2)cc1. The Morgan fingerprint density at radius 1 is 1.12 bits per heavy atom. The van der Waals surface area contributed by atoms with Crippen molar-refractivity contribution in [1.29, 1.82) is 0 Å². The lowest BCUT2D eigenvalue weighted by Crippen LogP contribution is -2.33. The van der Waals surface area contributed by atoms with E-state index in [1.165, 1.54) is 13.1 Å². The Hall–Kier alpha value is -2.64. The van der Waals surface area contributed by atoms with Gasteiger partial charge >= 0.3 is 0 Å². The van der Waals surface area contributed by atoms with Gasteiger partial charge in [-0.25, -0.2) is 8.42 Å². The Morgan fingerprint density at radius 2 is 1.76 bits per heavy atom. The van der Waals surface area contributed by atoms with E-state index < -0.39 is 15.9 Å². The zero-order valence-electron chi connectivity index (χ0n) is 14.0. The molecule has 0 atom stereocenters. The second-order valence-electron chi connectivity index (χ2n) is 5.29.